The van der Waals surface area contributed by atoms with Crippen molar-refractivity contribution in [3.05, 3.63) is 0 Å². The summed E-state index contributed by atoms with van der Waals surface area (Å²) in [6, 6.07) is 0.595. The number of nitrogens with zero attached hydrogens (tertiary/aromatic N) is 1. The lowest BCUT2D eigenvalue weighted by Crippen LogP contribution is -2.38. The Hall–Kier alpha value is -0.770. The first-order chi connectivity index (χ1) is 9.79. The Morgan fingerprint density at radius 2 is 1.90 bits per heavy atom. The maximum absolute atomic E-state index is 11.8. The molecule has 1 unspecified atom stereocenters. The second-order valence-electron chi connectivity index (χ2n) is 7.40. The van der Waals surface area contributed by atoms with Crippen LogP contribution in [-0.2, 0) is 4.74 Å². The van der Waals surface area contributed by atoms with Crippen LogP contribution in [0.3, 0.4) is 0 Å². The molecule has 0 saturated heterocycles. The van der Waals surface area contributed by atoms with Gasteiger partial charge in [-0.1, -0.05) is 19.3 Å². The van der Waals surface area contributed by atoms with Gasteiger partial charge in [0.1, 0.15) is 5.60 Å². The van der Waals surface area contributed by atoms with E-state index in [0.717, 1.165) is 25.4 Å². The van der Waals surface area contributed by atoms with Crippen molar-refractivity contribution in [3.63, 3.8) is 0 Å². The molecule has 1 atom stereocenters. The fourth-order valence-electron chi connectivity index (χ4n) is 2.88. The van der Waals surface area contributed by atoms with Gasteiger partial charge in [0, 0.05) is 19.6 Å². The first-order valence-electron chi connectivity index (χ1n) is 8.47. The minimum absolute atomic E-state index is 0.233. The maximum atomic E-state index is 11.8. The second-order valence-corrected chi connectivity index (χ2v) is 7.40. The Kier molecular flexibility index (Phi) is 7.50. The zero-order chi connectivity index (χ0) is 15.9. The minimum Gasteiger partial charge on any atom is -0.444 e. The van der Waals surface area contributed by atoms with Crippen LogP contribution in [0.15, 0.2) is 0 Å². The molecule has 1 aliphatic rings. The van der Waals surface area contributed by atoms with Crippen LogP contribution >= 0.6 is 0 Å². The molecule has 0 spiro atoms. The normalized spacial score (nSPS) is 18.3. The summed E-state index contributed by atoms with van der Waals surface area (Å²) in [5, 5.41) is 3.62. The van der Waals surface area contributed by atoms with Crippen molar-refractivity contribution in [2.75, 3.05) is 20.1 Å². The molecule has 0 aromatic carbocycles. The number of hydrogen-bond acceptors (Lipinski definition) is 3. The van der Waals surface area contributed by atoms with Gasteiger partial charge in [-0.15, -0.1) is 0 Å². The molecular formula is C17H34N2O2. The smallest absolute Gasteiger partial charge is 0.410 e. The van der Waals surface area contributed by atoms with E-state index in [1.54, 1.807) is 11.9 Å². The van der Waals surface area contributed by atoms with Crippen molar-refractivity contribution < 1.29 is 9.53 Å². The highest BCUT2D eigenvalue weighted by atomic mass is 16.6. The summed E-state index contributed by atoms with van der Waals surface area (Å²) in [5.41, 5.74) is -0.418. The van der Waals surface area contributed by atoms with Crippen molar-refractivity contribution >= 4 is 6.09 Å². The molecule has 1 N–H and O–H groups in total. The molecule has 1 saturated carbocycles. The minimum atomic E-state index is -0.418. The molecule has 0 heterocycles. The van der Waals surface area contributed by atoms with E-state index in [1.807, 2.05) is 20.8 Å². The third-order valence-corrected chi connectivity index (χ3v) is 4.20. The van der Waals surface area contributed by atoms with E-state index in [2.05, 4.69) is 12.2 Å². The SMILES string of the molecule is CC(NCCCN(C)C(=O)OC(C)(C)C)C1CCCCC1. The molecule has 4 nitrogen and oxygen atoms in total. The third kappa shape index (κ3) is 7.70. The summed E-state index contributed by atoms with van der Waals surface area (Å²) >= 11 is 0. The van der Waals surface area contributed by atoms with Gasteiger partial charge in [0.15, 0.2) is 0 Å². The van der Waals surface area contributed by atoms with E-state index >= 15 is 0 Å². The van der Waals surface area contributed by atoms with Gasteiger partial charge < -0.3 is 15.0 Å². The Morgan fingerprint density at radius 1 is 1.29 bits per heavy atom. The van der Waals surface area contributed by atoms with Crippen molar-refractivity contribution in [1.29, 1.82) is 0 Å². The molecule has 0 bridgehead atoms. The fourth-order valence-corrected chi connectivity index (χ4v) is 2.88. The van der Waals surface area contributed by atoms with Crippen LogP contribution in [0.1, 0.15) is 66.2 Å². The van der Waals surface area contributed by atoms with Crippen molar-refractivity contribution in [1.82, 2.24) is 10.2 Å². The molecule has 1 fully saturated rings. The molecule has 0 aromatic heterocycles. The molecule has 4 heteroatoms. The molecule has 21 heavy (non-hydrogen) atoms. The van der Waals surface area contributed by atoms with Crippen LogP contribution in [0.25, 0.3) is 0 Å². The molecular weight excluding hydrogens is 264 g/mol. The van der Waals surface area contributed by atoms with Crippen LogP contribution in [0.2, 0.25) is 0 Å². The van der Waals surface area contributed by atoms with Crippen LogP contribution in [-0.4, -0.2) is 42.8 Å². The van der Waals surface area contributed by atoms with E-state index in [9.17, 15) is 4.79 Å². The van der Waals surface area contributed by atoms with Crippen molar-refractivity contribution in [2.45, 2.75) is 77.9 Å². The number of nitrogens with one attached hydrogen (secondary N) is 1. The summed E-state index contributed by atoms with van der Waals surface area (Å²) in [4.78, 5) is 13.5. The van der Waals surface area contributed by atoms with Crippen molar-refractivity contribution in [2.24, 2.45) is 5.92 Å². The van der Waals surface area contributed by atoms with E-state index in [-0.39, 0.29) is 6.09 Å². The molecule has 1 rings (SSSR count). The number of hydrogen-bond donors (Lipinski definition) is 1. The van der Waals surface area contributed by atoms with Crippen LogP contribution in [0.4, 0.5) is 4.79 Å². The maximum Gasteiger partial charge on any atom is 0.410 e. The Labute approximate surface area is 130 Å². The van der Waals surface area contributed by atoms with Gasteiger partial charge in [-0.25, -0.2) is 4.79 Å². The van der Waals surface area contributed by atoms with Gasteiger partial charge in [-0.05, 0) is 59.4 Å². The summed E-state index contributed by atoms with van der Waals surface area (Å²) in [6.07, 6.45) is 7.65. The van der Waals surface area contributed by atoms with Gasteiger partial charge in [0.05, 0.1) is 0 Å². The molecule has 124 valence electrons. The highest BCUT2D eigenvalue weighted by Crippen LogP contribution is 2.26. The number of rotatable bonds is 6. The predicted molar refractivity (Wildman–Crippen MR) is 87.5 cm³/mol. The van der Waals surface area contributed by atoms with E-state index < -0.39 is 5.60 Å². The van der Waals surface area contributed by atoms with Gasteiger partial charge in [-0.2, -0.15) is 0 Å². The standard InChI is InChI=1S/C17H34N2O2/c1-14(15-10-7-6-8-11-15)18-12-9-13-19(5)16(20)21-17(2,3)4/h14-15,18H,6-13H2,1-5H3. The number of carbonyl (C=O) groups is 1. The Morgan fingerprint density at radius 3 is 2.48 bits per heavy atom. The first kappa shape index (κ1) is 18.3. The van der Waals surface area contributed by atoms with Gasteiger partial charge in [0.2, 0.25) is 0 Å². The van der Waals surface area contributed by atoms with Gasteiger partial charge >= 0.3 is 6.09 Å². The summed E-state index contributed by atoms with van der Waals surface area (Å²) in [5.74, 6) is 0.835. The lowest BCUT2D eigenvalue weighted by molar-refractivity contribution is 0.0297. The molecule has 0 aromatic rings. The molecule has 0 aliphatic heterocycles. The summed E-state index contributed by atoms with van der Waals surface area (Å²) in [7, 11) is 1.80. The zero-order valence-corrected chi connectivity index (χ0v) is 14.6. The van der Waals surface area contributed by atoms with E-state index in [4.69, 9.17) is 4.74 Å². The zero-order valence-electron chi connectivity index (χ0n) is 14.6. The van der Waals surface area contributed by atoms with E-state index in [1.165, 1.54) is 32.1 Å². The monoisotopic (exact) mass is 298 g/mol. The lowest BCUT2D eigenvalue weighted by atomic mass is 9.84. The van der Waals surface area contributed by atoms with Crippen molar-refractivity contribution in [3.8, 4) is 0 Å². The van der Waals surface area contributed by atoms with Gasteiger partial charge in [0.25, 0.3) is 0 Å². The lowest BCUT2D eigenvalue weighted by Gasteiger charge is -2.29. The Balaban J connectivity index is 2.13. The Bertz CT molecular complexity index is 306. The molecule has 1 aliphatic carbocycles. The second kappa shape index (κ2) is 8.62. The summed E-state index contributed by atoms with van der Waals surface area (Å²) < 4.78 is 5.34. The van der Waals surface area contributed by atoms with Gasteiger partial charge in [-0.3, -0.25) is 0 Å². The van der Waals surface area contributed by atoms with Crippen LogP contribution in [0, 0.1) is 5.92 Å². The number of amides is 1. The topological polar surface area (TPSA) is 41.6 Å². The van der Waals surface area contributed by atoms with E-state index in [0.29, 0.717) is 6.04 Å². The molecule has 0 radical (unpaired) electrons. The first-order valence-corrected chi connectivity index (χ1v) is 8.47. The highest BCUT2D eigenvalue weighted by molar-refractivity contribution is 5.67. The fraction of sp³-hybridized carbons (Fsp3) is 0.941. The number of ether oxygens (including phenoxy) is 1. The molecule has 1 amide bonds. The highest BCUT2D eigenvalue weighted by Gasteiger charge is 2.20. The number of carbonyl (C=O) groups excluding carboxylic acids is 1. The van der Waals surface area contributed by atoms with Crippen LogP contribution in [0.5, 0.6) is 0 Å². The quantitative estimate of drug-likeness (QED) is 0.758. The largest absolute Gasteiger partial charge is 0.444 e. The average Bonchev–Trinajstić information content (AvgIpc) is 2.42. The predicted octanol–water partition coefficient (Wildman–Crippen LogP) is 3.80. The van der Waals surface area contributed by atoms with Crippen LogP contribution < -0.4 is 5.32 Å². The average molecular weight is 298 g/mol. The third-order valence-electron chi connectivity index (χ3n) is 4.20. The summed E-state index contributed by atoms with van der Waals surface area (Å²) in [6.45, 7) is 9.68.